The predicted octanol–water partition coefficient (Wildman–Crippen LogP) is 5.18. The minimum absolute atomic E-state index is 0.0371. The maximum atomic E-state index is 13.1. The normalized spacial score (nSPS) is 17.5. The zero-order valence-corrected chi connectivity index (χ0v) is 15.1. The first-order valence-corrected chi connectivity index (χ1v) is 8.66. The molecule has 1 N–H and O–H groups in total. The molecular formula is C18H13Cl2F2N3O. The van der Waals surface area contributed by atoms with Crippen molar-refractivity contribution in [3.63, 3.8) is 0 Å². The Morgan fingerprint density at radius 1 is 1.38 bits per heavy atom. The van der Waals surface area contributed by atoms with Crippen LogP contribution in [0.2, 0.25) is 0 Å². The van der Waals surface area contributed by atoms with Crippen molar-refractivity contribution in [2.24, 2.45) is 7.05 Å². The average molecular weight is 396 g/mol. The van der Waals surface area contributed by atoms with Crippen molar-refractivity contribution < 1.29 is 13.6 Å². The van der Waals surface area contributed by atoms with Crippen LogP contribution >= 0.6 is 23.2 Å². The number of benzene rings is 1. The van der Waals surface area contributed by atoms with E-state index in [0.717, 1.165) is 28.7 Å². The molecule has 4 rings (SSSR count). The van der Waals surface area contributed by atoms with Crippen LogP contribution in [0.5, 0.6) is 0 Å². The van der Waals surface area contributed by atoms with Crippen molar-refractivity contribution in [1.82, 2.24) is 9.78 Å². The molecule has 2 aliphatic rings. The molecule has 0 fully saturated rings. The van der Waals surface area contributed by atoms with E-state index in [1.54, 1.807) is 12.1 Å². The van der Waals surface area contributed by atoms with Gasteiger partial charge in [0, 0.05) is 24.8 Å². The summed E-state index contributed by atoms with van der Waals surface area (Å²) in [6.07, 6.45) is 1.26. The molecule has 1 aromatic heterocycles. The number of amides is 1. The fraction of sp³-hybridized carbons (Fsp3) is 0.222. The Bertz CT molecular complexity index is 990. The Morgan fingerprint density at radius 3 is 2.85 bits per heavy atom. The summed E-state index contributed by atoms with van der Waals surface area (Å²) in [6.45, 7) is 0. The number of hydrogen-bond acceptors (Lipinski definition) is 2. The van der Waals surface area contributed by atoms with Crippen molar-refractivity contribution in [2.75, 3.05) is 5.32 Å². The summed E-state index contributed by atoms with van der Waals surface area (Å²) >= 11 is 12.1. The lowest BCUT2D eigenvalue weighted by Gasteiger charge is -2.16. The number of rotatable bonds is 3. The van der Waals surface area contributed by atoms with E-state index in [1.807, 2.05) is 6.07 Å². The van der Waals surface area contributed by atoms with Gasteiger partial charge in [0.1, 0.15) is 10.2 Å². The zero-order valence-electron chi connectivity index (χ0n) is 13.6. The maximum Gasteiger partial charge on any atom is 0.282 e. The van der Waals surface area contributed by atoms with Gasteiger partial charge in [-0.1, -0.05) is 41.4 Å². The van der Waals surface area contributed by atoms with E-state index in [2.05, 4.69) is 16.5 Å². The van der Waals surface area contributed by atoms with Gasteiger partial charge in [-0.3, -0.25) is 9.48 Å². The number of nitrogens with zero attached hydrogens (tertiary/aromatic N) is 2. The molecule has 0 aliphatic heterocycles. The largest absolute Gasteiger partial charge is 0.322 e. The zero-order chi connectivity index (χ0) is 18.6. The molecule has 0 radical (unpaired) electrons. The molecule has 0 saturated heterocycles. The molecule has 2 aromatic rings. The lowest BCUT2D eigenvalue weighted by Crippen LogP contribution is -2.15. The lowest BCUT2D eigenvalue weighted by molar-refractivity contribution is 0.101. The highest BCUT2D eigenvalue weighted by molar-refractivity contribution is 6.57. The van der Waals surface area contributed by atoms with Gasteiger partial charge in [-0.05, 0) is 34.8 Å². The summed E-state index contributed by atoms with van der Waals surface area (Å²) < 4.78 is 27.7. The molecule has 4 nitrogen and oxygen atoms in total. The van der Waals surface area contributed by atoms with Gasteiger partial charge in [0.05, 0.1) is 5.56 Å². The van der Waals surface area contributed by atoms with Crippen molar-refractivity contribution in [1.29, 1.82) is 0 Å². The maximum absolute atomic E-state index is 13.1. The first-order valence-electron chi connectivity index (χ1n) is 7.90. The number of aryl methyl sites for hydroxylation is 1. The molecular weight excluding hydrogens is 383 g/mol. The van der Waals surface area contributed by atoms with Crippen molar-refractivity contribution in [2.45, 2.75) is 18.8 Å². The number of alkyl halides is 2. The molecule has 8 heteroatoms. The van der Waals surface area contributed by atoms with Gasteiger partial charge in [0.2, 0.25) is 0 Å². The molecule has 1 heterocycles. The van der Waals surface area contributed by atoms with Crippen LogP contribution in [-0.2, 0) is 7.05 Å². The van der Waals surface area contributed by atoms with Crippen LogP contribution < -0.4 is 5.32 Å². The second kappa shape index (κ2) is 6.21. The molecule has 1 atom stereocenters. The molecule has 0 spiro atoms. The van der Waals surface area contributed by atoms with Crippen LogP contribution in [-0.4, -0.2) is 15.7 Å². The molecule has 26 heavy (non-hydrogen) atoms. The second-order valence-corrected chi connectivity index (χ2v) is 7.15. The monoisotopic (exact) mass is 395 g/mol. The number of carbonyl (C=O) groups excluding carboxylic acids is 1. The van der Waals surface area contributed by atoms with Gasteiger partial charge in [0.25, 0.3) is 12.3 Å². The number of allylic oxidation sites excluding steroid dienone is 3. The molecule has 1 amide bonds. The van der Waals surface area contributed by atoms with Crippen LogP contribution in [0, 0.1) is 0 Å². The predicted molar refractivity (Wildman–Crippen MR) is 96.6 cm³/mol. The molecule has 1 aromatic carbocycles. The second-order valence-electron chi connectivity index (χ2n) is 6.20. The highest BCUT2D eigenvalue weighted by atomic mass is 35.5. The summed E-state index contributed by atoms with van der Waals surface area (Å²) in [5, 5.41) is 6.42. The Labute approximate surface area is 158 Å². The number of nitrogens with one attached hydrogen (secondary N) is 1. The number of carbonyl (C=O) groups is 1. The van der Waals surface area contributed by atoms with Gasteiger partial charge >= 0.3 is 0 Å². The summed E-state index contributed by atoms with van der Waals surface area (Å²) in [6, 6.07) is 5.48. The smallest absolute Gasteiger partial charge is 0.282 e. The van der Waals surface area contributed by atoms with E-state index >= 15 is 0 Å². The lowest BCUT2D eigenvalue weighted by atomic mass is 9.94. The Kier molecular flexibility index (Phi) is 4.12. The molecule has 134 valence electrons. The average Bonchev–Trinajstić information content (AvgIpc) is 3.26. The molecule has 2 aliphatic carbocycles. The van der Waals surface area contributed by atoms with Gasteiger partial charge < -0.3 is 5.32 Å². The molecule has 2 bridgehead atoms. The van der Waals surface area contributed by atoms with E-state index in [-0.39, 0.29) is 16.0 Å². The van der Waals surface area contributed by atoms with Gasteiger partial charge in [-0.2, -0.15) is 5.10 Å². The van der Waals surface area contributed by atoms with E-state index in [4.69, 9.17) is 23.2 Å². The number of fused-ring (bicyclic) bond motifs is 5. The summed E-state index contributed by atoms with van der Waals surface area (Å²) in [7, 11) is 1.49. The highest BCUT2D eigenvalue weighted by Gasteiger charge is 2.39. The fourth-order valence-corrected chi connectivity index (χ4v) is 4.18. The van der Waals surface area contributed by atoms with Crippen molar-refractivity contribution in [3.8, 4) is 0 Å². The third-order valence-electron chi connectivity index (χ3n) is 4.70. The van der Waals surface area contributed by atoms with Crippen molar-refractivity contribution in [3.05, 3.63) is 62.9 Å². The third kappa shape index (κ3) is 2.56. The van der Waals surface area contributed by atoms with E-state index < -0.39 is 18.0 Å². The van der Waals surface area contributed by atoms with Gasteiger partial charge in [-0.15, -0.1) is 0 Å². The Morgan fingerprint density at radius 2 is 2.15 bits per heavy atom. The Hall–Kier alpha value is -2.18. The topological polar surface area (TPSA) is 46.9 Å². The third-order valence-corrected chi connectivity index (χ3v) is 5.11. The van der Waals surface area contributed by atoms with Crippen LogP contribution in [0.1, 0.15) is 45.9 Å². The van der Waals surface area contributed by atoms with Crippen LogP contribution in [0.4, 0.5) is 14.5 Å². The minimum atomic E-state index is -2.83. The highest BCUT2D eigenvalue weighted by Crippen LogP contribution is 2.57. The molecule has 0 unspecified atom stereocenters. The summed E-state index contributed by atoms with van der Waals surface area (Å²) in [5.41, 5.74) is 3.56. The number of anilines is 1. The Balaban J connectivity index is 1.72. The quantitative estimate of drug-likeness (QED) is 0.777. The van der Waals surface area contributed by atoms with E-state index in [0.29, 0.717) is 5.69 Å². The van der Waals surface area contributed by atoms with E-state index in [9.17, 15) is 13.6 Å². The fourth-order valence-electron chi connectivity index (χ4n) is 3.72. The number of hydrogen-bond donors (Lipinski definition) is 1. The standard InChI is InChI=1S/C18H13Cl2F2N3O/c1-25-7-11(15(24-25)17(21)22)18(26)23-12-4-2-3-8-9-5-6-10(13(8)12)14(9)16(19)20/h2-5,7,10,17H,6H2,1H3,(H,23,26)/t10-/m0/s1. The summed E-state index contributed by atoms with van der Waals surface area (Å²) in [5.74, 6) is -0.661. The number of halogens is 4. The van der Waals surface area contributed by atoms with Gasteiger partial charge in [0.15, 0.2) is 0 Å². The van der Waals surface area contributed by atoms with E-state index in [1.165, 1.54) is 17.9 Å². The first kappa shape index (κ1) is 17.2. The van der Waals surface area contributed by atoms with Crippen molar-refractivity contribution >= 4 is 40.4 Å². The van der Waals surface area contributed by atoms with Crippen LogP contribution in [0.3, 0.4) is 0 Å². The SMILES string of the molecule is Cn1cc(C(=O)Nc2cccc3c2[C@@H]2CC=C3C2=C(Cl)Cl)c(C(F)F)n1. The van der Waals surface area contributed by atoms with Crippen LogP contribution in [0.25, 0.3) is 5.57 Å². The number of aromatic nitrogens is 2. The first-order chi connectivity index (χ1) is 12.4. The minimum Gasteiger partial charge on any atom is -0.322 e. The summed E-state index contributed by atoms with van der Waals surface area (Å²) in [4.78, 5) is 12.6. The van der Waals surface area contributed by atoms with Crippen LogP contribution in [0.15, 0.2) is 40.5 Å². The van der Waals surface area contributed by atoms with Gasteiger partial charge in [-0.25, -0.2) is 8.78 Å². The molecule has 0 saturated carbocycles.